The van der Waals surface area contributed by atoms with Crippen LogP contribution in [0.5, 0.6) is 0 Å². The molecule has 1 aliphatic rings. The molecule has 3 aromatic rings. The molecular formula is C23H18Cl2N2O3. The van der Waals surface area contributed by atoms with Crippen LogP contribution >= 0.6 is 23.2 Å². The minimum atomic E-state index is -0.451. The van der Waals surface area contributed by atoms with E-state index in [1.807, 2.05) is 32.0 Å². The number of benzene rings is 2. The number of anilines is 1. The molecule has 2 heterocycles. The van der Waals surface area contributed by atoms with Crippen molar-refractivity contribution in [2.24, 2.45) is 0 Å². The fourth-order valence-corrected chi connectivity index (χ4v) is 3.84. The fourth-order valence-electron chi connectivity index (χ4n) is 3.34. The number of furan rings is 1. The van der Waals surface area contributed by atoms with E-state index in [4.69, 9.17) is 27.6 Å². The molecule has 1 N–H and O–H groups in total. The van der Waals surface area contributed by atoms with Crippen LogP contribution < -0.4 is 5.32 Å². The summed E-state index contributed by atoms with van der Waals surface area (Å²) in [5.41, 5.74) is 3.53. The summed E-state index contributed by atoms with van der Waals surface area (Å²) >= 11 is 12.4. The molecule has 1 aliphatic heterocycles. The second kappa shape index (κ2) is 8.01. The summed E-state index contributed by atoms with van der Waals surface area (Å²) in [5, 5.41) is 3.91. The van der Waals surface area contributed by atoms with Gasteiger partial charge in [0, 0.05) is 16.3 Å². The molecule has 0 bridgehead atoms. The molecule has 0 radical (unpaired) electrons. The predicted octanol–water partition coefficient (Wildman–Crippen LogP) is 5.60. The van der Waals surface area contributed by atoms with E-state index in [-0.39, 0.29) is 17.8 Å². The summed E-state index contributed by atoms with van der Waals surface area (Å²) in [6, 6.07) is 14.1. The summed E-state index contributed by atoms with van der Waals surface area (Å²) in [4.78, 5) is 27.7. The van der Waals surface area contributed by atoms with Gasteiger partial charge in [0.25, 0.3) is 11.8 Å². The normalized spacial score (nSPS) is 14.1. The first-order valence-electron chi connectivity index (χ1n) is 9.27. The van der Waals surface area contributed by atoms with Gasteiger partial charge in [0.15, 0.2) is 0 Å². The Morgan fingerprint density at radius 3 is 2.50 bits per heavy atom. The highest BCUT2D eigenvalue weighted by molar-refractivity contribution is 6.41. The number of hydrogen-bond acceptors (Lipinski definition) is 4. The summed E-state index contributed by atoms with van der Waals surface area (Å²) in [5.74, 6) is -0.391. The van der Waals surface area contributed by atoms with Crippen molar-refractivity contribution in [3.63, 3.8) is 0 Å². The quantitative estimate of drug-likeness (QED) is 0.524. The van der Waals surface area contributed by atoms with Gasteiger partial charge in [-0.1, -0.05) is 41.4 Å². The average Bonchev–Trinajstić information content (AvgIpc) is 3.29. The Balaban J connectivity index is 1.82. The van der Waals surface area contributed by atoms with Crippen LogP contribution in [0.1, 0.15) is 22.5 Å². The minimum absolute atomic E-state index is 0.0252. The number of nitrogens with one attached hydrogen (secondary N) is 1. The molecule has 0 atom stereocenters. The zero-order valence-electron chi connectivity index (χ0n) is 16.3. The number of amides is 2. The highest BCUT2D eigenvalue weighted by Crippen LogP contribution is 2.36. The molecule has 1 aromatic heterocycles. The Morgan fingerprint density at radius 1 is 1.00 bits per heavy atom. The number of imide groups is 1. The lowest BCUT2D eigenvalue weighted by atomic mass is 10.0. The van der Waals surface area contributed by atoms with Gasteiger partial charge in [-0.2, -0.15) is 0 Å². The van der Waals surface area contributed by atoms with Gasteiger partial charge in [0.2, 0.25) is 0 Å². The van der Waals surface area contributed by atoms with Gasteiger partial charge in [-0.25, -0.2) is 0 Å². The van der Waals surface area contributed by atoms with Crippen LogP contribution in [0.3, 0.4) is 0 Å². The van der Waals surface area contributed by atoms with E-state index in [1.165, 1.54) is 6.26 Å². The molecule has 0 unspecified atom stereocenters. The first-order valence-corrected chi connectivity index (χ1v) is 10.0. The fraction of sp³-hybridized carbons (Fsp3) is 0.130. The molecular weight excluding hydrogens is 423 g/mol. The second-order valence-corrected chi connectivity index (χ2v) is 7.94. The van der Waals surface area contributed by atoms with Crippen molar-refractivity contribution in [1.29, 1.82) is 0 Å². The Bertz CT molecular complexity index is 1180. The Kier molecular flexibility index (Phi) is 5.41. The van der Waals surface area contributed by atoms with E-state index >= 15 is 0 Å². The van der Waals surface area contributed by atoms with Gasteiger partial charge in [-0.05, 0) is 55.3 Å². The van der Waals surface area contributed by atoms with Gasteiger partial charge >= 0.3 is 0 Å². The average molecular weight is 441 g/mol. The van der Waals surface area contributed by atoms with Gasteiger partial charge in [0.1, 0.15) is 11.5 Å². The van der Waals surface area contributed by atoms with Crippen LogP contribution in [0.2, 0.25) is 10.0 Å². The summed E-state index contributed by atoms with van der Waals surface area (Å²) in [6.45, 7) is 3.91. The monoisotopic (exact) mass is 440 g/mol. The number of rotatable bonds is 5. The Morgan fingerprint density at radius 2 is 1.80 bits per heavy atom. The van der Waals surface area contributed by atoms with Crippen molar-refractivity contribution in [3.8, 4) is 0 Å². The molecule has 0 aliphatic carbocycles. The molecule has 2 aromatic carbocycles. The van der Waals surface area contributed by atoms with Crippen molar-refractivity contribution in [1.82, 2.24) is 4.90 Å². The summed E-state index contributed by atoms with van der Waals surface area (Å²) < 4.78 is 5.33. The number of nitrogens with zero attached hydrogens (tertiary/aromatic N) is 1. The van der Waals surface area contributed by atoms with Gasteiger partial charge < -0.3 is 9.73 Å². The van der Waals surface area contributed by atoms with Crippen molar-refractivity contribution in [2.75, 3.05) is 5.32 Å². The van der Waals surface area contributed by atoms with Crippen molar-refractivity contribution in [3.05, 3.63) is 93.0 Å². The standard InChI is InChI=1S/C23H18Cl2N2O3/c1-13-5-6-14(2)19(10-13)26-21-20(17-8-7-15(24)11-18(17)25)22(28)27(23(21)29)12-16-4-3-9-30-16/h3-11,26H,12H2,1-2H3. The molecule has 0 saturated heterocycles. The van der Waals surface area contributed by atoms with Crippen molar-refractivity contribution >= 4 is 46.3 Å². The number of carbonyl (C=O) groups is 2. The van der Waals surface area contributed by atoms with Crippen LogP contribution in [0.4, 0.5) is 5.69 Å². The Hall–Kier alpha value is -3.02. The van der Waals surface area contributed by atoms with Gasteiger partial charge in [-0.3, -0.25) is 14.5 Å². The van der Waals surface area contributed by atoms with E-state index in [2.05, 4.69) is 5.32 Å². The van der Waals surface area contributed by atoms with Crippen LogP contribution in [0.25, 0.3) is 5.57 Å². The predicted molar refractivity (Wildman–Crippen MR) is 117 cm³/mol. The molecule has 0 saturated carbocycles. The number of halogens is 2. The molecule has 5 nitrogen and oxygen atoms in total. The third kappa shape index (κ3) is 3.74. The van der Waals surface area contributed by atoms with Gasteiger partial charge in [-0.15, -0.1) is 0 Å². The number of aryl methyl sites for hydroxylation is 2. The molecule has 0 spiro atoms. The highest BCUT2D eigenvalue weighted by Gasteiger charge is 2.40. The first kappa shape index (κ1) is 20.3. The van der Waals surface area contributed by atoms with E-state index < -0.39 is 11.8 Å². The molecule has 0 fully saturated rings. The third-order valence-electron chi connectivity index (χ3n) is 4.92. The molecule has 30 heavy (non-hydrogen) atoms. The molecule has 7 heteroatoms. The molecule has 152 valence electrons. The smallest absolute Gasteiger partial charge is 0.278 e. The molecule has 2 amide bonds. The summed E-state index contributed by atoms with van der Waals surface area (Å²) in [7, 11) is 0. The SMILES string of the molecule is Cc1ccc(C)c(NC2=C(c3ccc(Cl)cc3Cl)C(=O)N(Cc3ccco3)C2=O)c1. The summed E-state index contributed by atoms with van der Waals surface area (Å²) in [6.07, 6.45) is 1.50. The molecule has 4 rings (SSSR count). The third-order valence-corrected chi connectivity index (χ3v) is 5.46. The number of hydrogen-bond donors (Lipinski definition) is 1. The van der Waals surface area contributed by atoms with Crippen molar-refractivity contribution in [2.45, 2.75) is 20.4 Å². The zero-order chi connectivity index (χ0) is 21.4. The topological polar surface area (TPSA) is 62.6 Å². The second-order valence-electron chi connectivity index (χ2n) is 7.09. The largest absolute Gasteiger partial charge is 0.467 e. The van der Waals surface area contributed by atoms with E-state index in [9.17, 15) is 9.59 Å². The minimum Gasteiger partial charge on any atom is -0.467 e. The van der Waals surface area contributed by atoms with E-state index in [0.717, 1.165) is 21.7 Å². The van der Waals surface area contributed by atoms with Crippen LogP contribution in [-0.2, 0) is 16.1 Å². The Labute approximate surface area is 183 Å². The lowest BCUT2D eigenvalue weighted by Crippen LogP contribution is -2.31. The first-order chi connectivity index (χ1) is 14.3. The zero-order valence-corrected chi connectivity index (χ0v) is 17.8. The van der Waals surface area contributed by atoms with E-state index in [1.54, 1.807) is 30.3 Å². The van der Waals surface area contributed by atoms with Crippen LogP contribution in [0.15, 0.2) is 64.9 Å². The van der Waals surface area contributed by atoms with Crippen molar-refractivity contribution < 1.29 is 14.0 Å². The number of carbonyl (C=O) groups excluding carboxylic acids is 2. The van der Waals surface area contributed by atoms with Crippen LogP contribution in [0, 0.1) is 13.8 Å². The lowest BCUT2D eigenvalue weighted by Gasteiger charge is -2.14. The highest BCUT2D eigenvalue weighted by atomic mass is 35.5. The van der Waals surface area contributed by atoms with Gasteiger partial charge in [0.05, 0.1) is 23.4 Å². The van der Waals surface area contributed by atoms with E-state index in [0.29, 0.717) is 21.4 Å². The maximum Gasteiger partial charge on any atom is 0.278 e. The maximum atomic E-state index is 13.3. The lowest BCUT2D eigenvalue weighted by molar-refractivity contribution is -0.137. The van der Waals surface area contributed by atoms with Crippen LogP contribution in [-0.4, -0.2) is 16.7 Å². The maximum absolute atomic E-state index is 13.3.